The average Bonchev–Trinajstić information content (AvgIpc) is 2.04. The van der Waals surface area contributed by atoms with E-state index in [4.69, 9.17) is 0 Å². The summed E-state index contributed by atoms with van der Waals surface area (Å²) >= 11 is 0. The van der Waals surface area contributed by atoms with Crippen LogP contribution in [0.2, 0.25) is 0 Å². The fraction of sp³-hybridized carbons (Fsp3) is 0.571. The van der Waals surface area contributed by atoms with Crippen LogP contribution in [0.5, 0.6) is 0 Å². The minimum atomic E-state index is -1.03. The molecule has 0 aromatic carbocycles. The van der Waals surface area contributed by atoms with Gasteiger partial charge in [-0.1, -0.05) is 0 Å². The average molecular weight is 171 g/mol. The van der Waals surface area contributed by atoms with Crippen molar-refractivity contribution in [2.24, 2.45) is 4.99 Å². The summed E-state index contributed by atoms with van der Waals surface area (Å²) in [4.78, 5) is 33.8. The highest BCUT2D eigenvalue weighted by molar-refractivity contribution is 5.79. The van der Waals surface area contributed by atoms with Crippen molar-refractivity contribution in [2.75, 3.05) is 6.61 Å². The van der Waals surface area contributed by atoms with E-state index in [9.17, 15) is 14.4 Å². The molecule has 1 atom stereocenters. The smallest absolute Gasteiger partial charge is 0.332 e. The molecule has 0 rings (SSSR count). The quantitative estimate of drug-likeness (QED) is 0.249. The standard InChI is InChI=1S/C7H9NO4/c1-2-12-7(11)6(3-4-9)8-5-10/h4,6H,2-3H2,1H3. The molecule has 0 amide bonds. The number of aliphatic imine (C=N–C) groups is 1. The monoisotopic (exact) mass is 171 g/mol. The predicted molar refractivity (Wildman–Crippen MR) is 39.2 cm³/mol. The lowest BCUT2D eigenvalue weighted by molar-refractivity contribution is -0.145. The van der Waals surface area contributed by atoms with Gasteiger partial charge in [0.15, 0.2) is 6.04 Å². The second kappa shape index (κ2) is 6.24. The molecule has 0 saturated carbocycles. The summed E-state index contributed by atoms with van der Waals surface area (Å²) < 4.78 is 4.54. The number of hydrogen-bond acceptors (Lipinski definition) is 5. The molecule has 0 spiro atoms. The molecule has 0 bridgehead atoms. The van der Waals surface area contributed by atoms with Crippen molar-refractivity contribution in [3.8, 4) is 0 Å². The number of ether oxygens (including phenoxy) is 1. The SMILES string of the molecule is CCOC(=O)C(CC=O)N=C=O. The van der Waals surface area contributed by atoms with Crippen LogP contribution < -0.4 is 0 Å². The maximum Gasteiger partial charge on any atom is 0.332 e. The normalized spacial score (nSPS) is 11.1. The van der Waals surface area contributed by atoms with Crippen LogP contribution in [0.15, 0.2) is 4.99 Å². The highest BCUT2D eigenvalue weighted by Crippen LogP contribution is 1.97. The summed E-state index contributed by atoms with van der Waals surface area (Å²) in [5.41, 5.74) is 0. The zero-order valence-corrected chi connectivity index (χ0v) is 6.65. The summed E-state index contributed by atoms with van der Waals surface area (Å²) in [6, 6.07) is -1.03. The van der Waals surface area contributed by atoms with Crippen molar-refractivity contribution in [2.45, 2.75) is 19.4 Å². The van der Waals surface area contributed by atoms with E-state index in [0.717, 1.165) is 0 Å². The molecule has 0 aromatic rings. The number of isocyanates is 1. The molecule has 0 aliphatic carbocycles. The van der Waals surface area contributed by atoms with Crippen LogP contribution in [0.3, 0.4) is 0 Å². The molecule has 1 unspecified atom stereocenters. The van der Waals surface area contributed by atoms with Crippen molar-refractivity contribution in [3.05, 3.63) is 0 Å². The number of nitrogens with zero attached hydrogens (tertiary/aromatic N) is 1. The highest BCUT2D eigenvalue weighted by atomic mass is 16.5. The molecule has 0 saturated heterocycles. The molecular formula is C7H9NO4. The topological polar surface area (TPSA) is 72.8 Å². The Bertz CT molecular complexity index is 207. The molecule has 0 aliphatic heterocycles. The van der Waals surface area contributed by atoms with Gasteiger partial charge in [-0.15, -0.1) is 0 Å². The molecule has 0 aromatic heterocycles. The minimum absolute atomic E-state index is 0.145. The van der Waals surface area contributed by atoms with Gasteiger partial charge >= 0.3 is 5.97 Å². The van der Waals surface area contributed by atoms with Crippen molar-refractivity contribution >= 4 is 18.3 Å². The van der Waals surface area contributed by atoms with E-state index in [0.29, 0.717) is 6.29 Å². The van der Waals surface area contributed by atoms with Gasteiger partial charge in [0.05, 0.1) is 6.61 Å². The predicted octanol–water partition coefficient (Wildman–Crippen LogP) is -0.157. The van der Waals surface area contributed by atoms with E-state index < -0.39 is 12.0 Å². The fourth-order valence-corrected chi connectivity index (χ4v) is 0.595. The Morgan fingerprint density at radius 1 is 1.75 bits per heavy atom. The Hall–Kier alpha value is -1.48. The second-order valence-corrected chi connectivity index (χ2v) is 1.89. The molecule has 0 N–H and O–H groups in total. The third kappa shape index (κ3) is 3.63. The molecule has 5 nitrogen and oxygen atoms in total. The number of hydrogen-bond donors (Lipinski definition) is 0. The number of aldehydes is 1. The third-order valence-corrected chi connectivity index (χ3v) is 1.09. The highest BCUT2D eigenvalue weighted by Gasteiger charge is 2.17. The Morgan fingerprint density at radius 2 is 2.42 bits per heavy atom. The number of carbonyl (C=O) groups is 2. The van der Waals surface area contributed by atoms with Gasteiger partial charge in [0.2, 0.25) is 6.08 Å². The molecule has 12 heavy (non-hydrogen) atoms. The molecule has 0 heterocycles. The van der Waals surface area contributed by atoms with Crippen LogP contribution in [0, 0.1) is 0 Å². The van der Waals surface area contributed by atoms with Crippen molar-refractivity contribution in [3.63, 3.8) is 0 Å². The van der Waals surface area contributed by atoms with Crippen molar-refractivity contribution in [1.29, 1.82) is 0 Å². The van der Waals surface area contributed by atoms with Crippen LogP contribution in [-0.2, 0) is 19.1 Å². The van der Waals surface area contributed by atoms with Gasteiger partial charge in [0.1, 0.15) is 6.29 Å². The van der Waals surface area contributed by atoms with E-state index in [-0.39, 0.29) is 13.0 Å². The fourth-order valence-electron chi connectivity index (χ4n) is 0.595. The van der Waals surface area contributed by atoms with E-state index in [1.807, 2.05) is 0 Å². The van der Waals surface area contributed by atoms with E-state index in [1.165, 1.54) is 6.08 Å². The largest absolute Gasteiger partial charge is 0.464 e. The van der Waals surface area contributed by atoms with E-state index in [2.05, 4.69) is 9.73 Å². The molecule has 0 aliphatic rings. The zero-order chi connectivity index (χ0) is 9.40. The summed E-state index contributed by atoms with van der Waals surface area (Å²) in [6.07, 6.45) is 1.56. The molecule has 0 fully saturated rings. The summed E-state index contributed by atoms with van der Waals surface area (Å²) in [6.45, 7) is 1.82. The summed E-state index contributed by atoms with van der Waals surface area (Å²) in [7, 11) is 0. The van der Waals surface area contributed by atoms with Gasteiger partial charge in [-0.25, -0.2) is 9.59 Å². The van der Waals surface area contributed by atoms with Crippen molar-refractivity contribution < 1.29 is 19.1 Å². The first kappa shape index (κ1) is 10.5. The summed E-state index contributed by atoms with van der Waals surface area (Å²) in [5, 5.41) is 0. The minimum Gasteiger partial charge on any atom is -0.464 e. The van der Waals surface area contributed by atoms with Crippen molar-refractivity contribution in [1.82, 2.24) is 0 Å². The molecule has 5 heteroatoms. The third-order valence-electron chi connectivity index (χ3n) is 1.09. The summed E-state index contributed by atoms with van der Waals surface area (Å²) in [5.74, 6) is -0.673. The zero-order valence-electron chi connectivity index (χ0n) is 6.65. The maximum absolute atomic E-state index is 10.9. The number of carbonyl (C=O) groups excluding carboxylic acids is 3. The Morgan fingerprint density at radius 3 is 2.83 bits per heavy atom. The lowest BCUT2D eigenvalue weighted by Crippen LogP contribution is -2.21. The molecule has 66 valence electrons. The first-order chi connectivity index (χ1) is 5.76. The van der Waals surface area contributed by atoms with Crippen LogP contribution in [0.25, 0.3) is 0 Å². The maximum atomic E-state index is 10.9. The van der Waals surface area contributed by atoms with Crippen LogP contribution in [0.1, 0.15) is 13.3 Å². The lowest BCUT2D eigenvalue weighted by Gasteiger charge is -2.04. The van der Waals surface area contributed by atoms with Crippen LogP contribution >= 0.6 is 0 Å². The number of rotatable bonds is 5. The van der Waals surface area contributed by atoms with Gasteiger partial charge in [-0.2, -0.15) is 4.99 Å². The van der Waals surface area contributed by atoms with Gasteiger partial charge < -0.3 is 9.53 Å². The first-order valence-corrected chi connectivity index (χ1v) is 3.43. The van der Waals surface area contributed by atoms with Crippen LogP contribution in [-0.4, -0.2) is 31.0 Å². The molecular weight excluding hydrogens is 162 g/mol. The number of esters is 1. The Balaban J connectivity index is 4.17. The Labute approximate surface area is 69.4 Å². The molecule has 0 radical (unpaired) electrons. The van der Waals surface area contributed by atoms with Gasteiger partial charge in [0.25, 0.3) is 0 Å². The van der Waals surface area contributed by atoms with Gasteiger partial charge in [-0.3, -0.25) is 0 Å². The lowest BCUT2D eigenvalue weighted by atomic mass is 10.2. The van der Waals surface area contributed by atoms with E-state index in [1.54, 1.807) is 6.92 Å². The van der Waals surface area contributed by atoms with E-state index >= 15 is 0 Å². The first-order valence-electron chi connectivity index (χ1n) is 3.43. The van der Waals surface area contributed by atoms with Crippen LogP contribution in [0.4, 0.5) is 0 Å². The Kier molecular flexibility index (Phi) is 5.47. The van der Waals surface area contributed by atoms with Gasteiger partial charge in [0, 0.05) is 6.42 Å². The second-order valence-electron chi connectivity index (χ2n) is 1.89. The van der Waals surface area contributed by atoms with Gasteiger partial charge in [-0.05, 0) is 6.92 Å².